The number of carbonyl (C=O) groups is 1. The molecule has 1 aromatic carbocycles. The van der Waals surface area contributed by atoms with Crippen LogP contribution >= 0.6 is 0 Å². The molecule has 1 N–H and O–H groups in total. The van der Waals surface area contributed by atoms with E-state index in [4.69, 9.17) is 9.84 Å². The third-order valence-corrected chi connectivity index (χ3v) is 2.14. The van der Waals surface area contributed by atoms with Crippen LogP contribution in [-0.4, -0.2) is 17.7 Å². The van der Waals surface area contributed by atoms with Crippen molar-refractivity contribution in [3.05, 3.63) is 28.8 Å². The summed E-state index contributed by atoms with van der Waals surface area (Å²) in [6, 6.07) is 3.86. The van der Waals surface area contributed by atoms with E-state index in [0.717, 1.165) is 11.1 Å². The van der Waals surface area contributed by atoms with Crippen LogP contribution in [0.2, 0.25) is 0 Å². The zero-order valence-corrected chi connectivity index (χ0v) is 8.63. The van der Waals surface area contributed by atoms with Gasteiger partial charge in [-0.3, -0.25) is 0 Å². The number of rotatable bonds is 3. The molecule has 0 atom stereocenters. The van der Waals surface area contributed by atoms with Gasteiger partial charge < -0.3 is 9.84 Å². The highest BCUT2D eigenvalue weighted by molar-refractivity contribution is 5.68. The molecule has 1 rings (SSSR count). The molecule has 0 aliphatic carbocycles. The smallest absolute Gasteiger partial charge is 0.341 e. The van der Waals surface area contributed by atoms with Gasteiger partial charge in [-0.15, -0.1) is 0 Å². The summed E-state index contributed by atoms with van der Waals surface area (Å²) < 4.78 is 5.13. The summed E-state index contributed by atoms with van der Waals surface area (Å²) in [6.07, 6.45) is 0. The van der Waals surface area contributed by atoms with Crippen molar-refractivity contribution in [1.82, 2.24) is 0 Å². The third-order valence-electron chi connectivity index (χ3n) is 2.14. The van der Waals surface area contributed by atoms with Crippen molar-refractivity contribution in [2.75, 3.05) is 6.61 Å². The van der Waals surface area contributed by atoms with Crippen LogP contribution < -0.4 is 4.74 Å². The maximum absolute atomic E-state index is 10.3. The van der Waals surface area contributed by atoms with Gasteiger partial charge in [0.2, 0.25) is 0 Å². The van der Waals surface area contributed by atoms with Crippen LogP contribution in [0.15, 0.2) is 12.1 Å². The molecule has 0 bridgehead atoms. The van der Waals surface area contributed by atoms with Crippen LogP contribution in [-0.2, 0) is 4.79 Å². The molecule has 0 radical (unpaired) electrons. The summed E-state index contributed by atoms with van der Waals surface area (Å²) in [5.41, 5.74) is 3.26. The van der Waals surface area contributed by atoms with E-state index in [0.29, 0.717) is 5.75 Å². The van der Waals surface area contributed by atoms with Crippen LogP contribution in [0.1, 0.15) is 16.7 Å². The highest BCUT2D eigenvalue weighted by Crippen LogP contribution is 2.22. The van der Waals surface area contributed by atoms with Gasteiger partial charge in [0.25, 0.3) is 0 Å². The topological polar surface area (TPSA) is 46.5 Å². The predicted octanol–water partition coefficient (Wildman–Crippen LogP) is 2.08. The second-order valence-corrected chi connectivity index (χ2v) is 3.38. The summed E-state index contributed by atoms with van der Waals surface area (Å²) >= 11 is 0. The first-order chi connectivity index (χ1) is 6.50. The number of carboxylic acid groups (broad SMARTS) is 1. The van der Waals surface area contributed by atoms with E-state index in [1.807, 2.05) is 32.9 Å². The van der Waals surface area contributed by atoms with Crippen molar-refractivity contribution in [1.29, 1.82) is 0 Å². The SMILES string of the molecule is Cc1cc(C)c(OCC(=O)O)cc1C. The number of ether oxygens (including phenoxy) is 1. The molecule has 0 unspecified atom stereocenters. The van der Waals surface area contributed by atoms with E-state index in [2.05, 4.69) is 0 Å². The van der Waals surface area contributed by atoms with Gasteiger partial charge in [-0.2, -0.15) is 0 Å². The summed E-state index contributed by atoms with van der Waals surface area (Å²) in [6.45, 7) is 5.61. The Morgan fingerprint density at radius 3 is 2.36 bits per heavy atom. The second kappa shape index (κ2) is 4.13. The molecule has 76 valence electrons. The maximum Gasteiger partial charge on any atom is 0.341 e. The molecule has 0 fully saturated rings. The Kier molecular flexibility index (Phi) is 3.12. The molecule has 14 heavy (non-hydrogen) atoms. The van der Waals surface area contributed by atoms with E-state index in [9.17, 15) is 4.79 Å². The third kappa shape index (κ3) is 2.49. The number of hydrogen-bond donors (Lipinski definition) is 1. The van der Waals surface area contributed by atoms with Crippen LogP contribution in [0.3, 0.4) is 0 Å². The van der Waals surface area contributed by atoms with E-state index in [1.165, 1.54) is 5.56 Å². The van der Waals surface area contributed by atoms with Gasteiger partial charge in [-0.1, -0.05) is 6.07 Å². The summed E-state index contributed by atoms with van der Waals surface area (Å²) in [5.74, 6) is -0.307. The summed E-state index contributed by atoms with van der Waals surface area (Å²) in [4.78, 5) is 10.3. The van der Waals surface area contributed by atoms with Gasteiger partial charge in [0.05, 0.1) is 0 Å². The highest BCUT2D eigenvalue weighted by Gasteiger charge is 2.04. The number of aliphatic carboxylic acids is 1. The number of hydrogen-bond acceptors (Lipinski definition) is 2. The summed E-state index contributed by atoms with van der Waals surface area (Å²) in [5, 5.41) is 8.46. The number of benzene rings is 1. The molecule has 0 aliphatic rings. The second-order valence-electron chi connectivity index (χ2n) is 3.38. The van der Waals surface area contributed by atoms with Crippen molar-refractivity contribution in [3.8, 4) is 5.75 Å². The molecular weight excluding hydrogens is 180 g/mol. The minimum absolute atomic E-state index is 0.288. The van der Waals surface area contributed by atoms with Crippen molar-refractivity contribution in [2.45, 2.75) is 20.8 Å². The quantitative estimate of drug-likeness (QED) is 0.801. The van der Waals surface area contributed by atoms with Gasteiger partial charge in [0.15, 0.2) is 6.61 Å². The normalized spacial score (nSPS) is 9.93. The Bertz CT molecular complexity index is 356. The molecule has 3 heteroatoms. The lowest BCUT2D eigenvalue weighted by atomic mass is 10.1. The Balaban J connectivity index is 2.87. The van der Waals surface area contributed by atoms with Gasteiger partial charge in [-0.05, 0) is 43.5 Å². The minimum Gasteiger partial charge on any atom is -0.482 e. The Morgan fingerprint density at radius 1 is 1.21 bits per heavy atom. The minimum atomic E-state index is -0.956. The first kappa shape index (κ1) is 10.6. The average molecular weight is 194 g/mol. The number of carboxylic acids is 1. The van der Waals surface area contributed by atoms with E-state index in [-0.39, 0.29) is 6.61 Å². The lowest BCUT2D eigenvalue weighted by Crippen LogP contribution is -2.10. The predicted molar refractivity (Wildman–Crippen MR) is 53.8 cm³/mol. The summed E-state index contributed by atoms with van der Waals surface area (Å²) in [7, 11) is 0. The molecule has 1 aromatic rings. The zero-order valence-electron chi connectivity index (χ0n) is 8.63. The van der Waals surface area contributed by atoms with E-state index in [1.54, 1.807) is 0 Å². The van der Waals surface area contributed by atoms with Gasteiger partial charge >= 0.3 is 5.97 Å². The Hall–Kier alpha value is -1.51. The lowest BCUT2D eigenvalue weighted by Gasteiger charge is -2.09. The van der Waals surface area contributed by atoms with E-state index < -0.39 is 5.97 Å². The van der Waals surface area contributed by atoms with Crippen molar-refractivity contribution >= 4 is 5.97 Å². The zero-order chi connectivity index (χ0) is 10.7. The highest BCUT2D eigenvalue weighted by atomic mass is 16.5. The van der Waals surface area contributed by atoms with E-state index >= 15 is 0 Å². The van der Waals surface area contributed by atoms with Gasteiger partial charge in [-0.25, -0.2) is 4.79 Å². The molecule has 0 saturated heterocycles. The maximum atomic E-state index is 10.3. The lowest BCUT2D eigenvalue weighted by molar-refractivity contribution is -0.139. The number of aryl methyl sites for hydroxylation is 3. The van der Waals surface area contributed by atoms with Crippen molar-refractivity contribution < 1.29 is 14.6 Å². The first-order valence-electron chi connectivity index (χ1n) is 4.43. The van der Waals surface area contributed by atoms with Crippen LogP contribution in [0, 0.1) is 20.8 Å². The largest absolute Gasteiger partial charge is 0.482 e. The van der Waals surface area contributed by atoms with Gasteiger partial charge in [0.1, 0.15) is 5.75 Å². The van der Waals surface area contributed by atoms with Crippen LogP contribution in [0.4, 0.5) is 0 Å². The molecule has 0 aromatic heterocycles. The Labute approximate surface area is 83.3 Å². The standard InChI is InChI=1S/C11H14O3/c1-7-4-9(3)10(5-8(7)2)14-6-11(12)13/h4-5H,6H2,1-3H3,(H,12,13). The Morgan fingerprint density at radius 2 is 1.79 bits per heavy atom. The molecule has 0 spiro atoms. The average Bonchev–Trinajstić information content (AvgIpc) is 2.09. The van der Waals surface area contributed by atoms with Crippen LogP contribution in [0.25, 0.3) is 0 Å². The molecular formula is C11H14O3. The molecule has 3 nitrogen and oxygen atoms in total. The molecule has 0 aliphatic heterocycles. The fourth-order valence-corrected chi connectivity index (χ4v) is 1.23. The van der Waals surface area contributed by atoms with Crippen molar-refractivity contribution in [3.63, 3.8) is 0 Å². The molecule has 0 amide bonds. The van der Waals surface area contributed by atoms with Crippen molar-refractivity contribution in [2.24, 2.45) is 0 Å². The van der Waals surface area contributed by atoms with Gasteiger partial charge in [0, 0.05) is 0 Å². The fourth-order valence-electron chi connectivity index (χ4n) is 1.23. The van der Waals surface area contributed by atoms with Crippen LogP contribution in [0.5, 0.6) is 5.75 Å². The molecule has 0 heterocycles. The first-order valence-corrected chi connectivity index (χ1v) is 4.43. The molecule has 0 saturated carbocycles. The monoisotopic (exact) mass is 194 g/mol. The fraction of sp³-hybridized carbons (Fsp3) is 0.364.